The van der Waals surface area contributed by atoms with Gasteiger partial charge in [0.1, 0.15) is 5.75 Å². The third-order valence-electron chi connectivity index (χ3n) is 3.40. The van der Waals surface area contributed by atoms with Crippen LogP contribution in [-0.2, 0) is 6.42 Å². The molecular weight excluding hydrogens is 332 g/mol. The van der Waals surface area contributed by atoms with Crippen molar-refractivity contribution in [3.05, 3.63) is 65.0 Å². The van der Waals surface area contributed by atoms with Gasteiger partial charge in [0, 0.05) is 9.53 Å². The van der Waals surface area contributed by atoms with E-state index in [9.17, 15) is 0 Å². The van der Waals surface area contributed by atoms with E-state index in [4.69, 9.17) is 4.74 Å². The highest BCUT2D eigenvalue weighted by atomic mass is 79.9. The Morgan fingerprint density at radius 1 is 1.15 bits per heavy atom. The lowest BCUT2D eigenvalue weighted by Crippen LogP contribution is -1.95. The van der Waals surface area contributed by atoms with E-state index >= 15 is 0 Å². The Morgan fingerprint density at radius 2 is 2.00 bits per heavy atom. The maximum Gasteiger partial charge on any atom is 0.119 e. The van der Waals surface area contributed by atoms with Crippen LogP contribution in [-0.4, -0.2) is 7.11 Å². The second-order valence-corrected chi connectivity index (χ2v) is 6.73. The van der Waals surface area contributed by atoms with Crippen LogP contribution >= 0.6 is 27.3 Å². The van der Waals surface area contributed by atoms with Gasteiger partial charge in [0.15, 0.2) is 0 Å². The van der Waals surface area contributed by atoms with Crippen LogP contribution in [0.25, 0.3) is 10.1 Å². The van der Waals surface area contributed by atoms with Gasteiger partial charge in [-0.15, -0.1) is 11.3 Å². The normalized spacial score (nSPS) is 12.5. The van der Waals surface area contributed by atoms with E-state index in [-0.39, 0.29) is 0 Å². The number of hydrogen-bond acceptors (Lipinski definition) is 2. The zero-order valence-electron chi connectivity index (χ0n) is 11.2. The van der Waals surface area contributed by atoms with Gasteiger partial charge in [-0.3, -0.25) is 0 Å². The Morgan fingerprint density at radius 3 is 2.85 bits per heavy atom. The highest BCUT2D eigenvalue weighted by molar-refractivity contribution is 9.09. The van der Waals surface area contributed by atoms with Gasteiger partial charge in [-0.25, -0.2) is 0 Å². The molecule has 20 heavy (non-hydrogen) atoms. The zero-order chi connectivity index (χ0) is 13.9. The third kappa shape index (κ3) is 2.74. The predicted molar refractivity (Wildman–Crippen MR) is 90.2 cm³/mol. The topological polar surface area (TPSA) is 9.23 Å². The first-order valence-electron chi connectivity index (χ1n) is 6.51. The average Bonchev–Trinajstić information content (AvgIpc) is 2.91. The van der Waals surface area contributed by atoms with Gasteiger partial charge in [0.25, 0.3) is 0 Å². The summed E-state index contributed by atoms with van der Waals surface area (Å²) in [7, 11) is 1.71. The van der Waals surface area contributed by atoms with Gasteiger partial charge in [0.2, 0.25) is 0 Å². The van der Waals surface area contributed by atoms with Gasteiger partial charge in [-0.1, -0.05) is 46.3 Å². The summed E-state index contributed by atoms with van der Waals surface area (Å²) in [5.74, 6) is 0.914. The molecule has 2 aromatic carbocycles. The monoisotopic (exact) mass is 346 g/mol. The molecule has 0 N–H and O–H groups in total. The molecule has 0 aliphatic carbocycles. The summed E-state index contributed by atoms with van der Waals surface area (Å²) in [6, 6.07) is 16.8. The van der Waals surface area contributed by atoms with Crippen molar-refractivity contribution in [2.24, 2.45) is 0 Å². The number of thiophene rings is 1. The number of halogens is 1. The molecule has 1 unspecified atom stereocenters. The van der Waals surface area contributed by atoms with E-state index in [1.54, 1.807) is 18.4 Å². The van der Waals surface area contributed by atoms with Crippen molar-refractivity contribution >= 4 is 37.4 Å². The van der Waals surface area contributed by atoms with E-state index < -0.39 is 0 Å². The van der Waals surface area contributed by atoms with Crippen molar-refractivity contribution in [2.45, 2.75) is 11.2 Å². The Balaban J connectivity index is 1.87. The summed E-state index contributed by atoms with van der Waals surface area (Å²) in [5.41, 5.74) is 2.65. The summed E-state index contributed by atoms with van der Waals surface area (Å²) >= 11 is 5.64. The van der Waals surface area contributed by atoms with Crippen LogP contribution in [0.4, 0.5) is 0 Å². The maximum absolute atomic E-state index is 5.28. The minimum absolute atomic E-state index is 0.325. The molecule has 0 fully saturated rings. The fourth-order valence-electron chi connectivity index (χ4n) is 2.36. The number of hydrogen-bond donors (Lipinski definition) is 0. The molecule has 3 rings (SSSR count). The van der Waals surface area contributed by atoms with Crippen LogP contribution in [0.2, 0.25) is 0 Å². The minimum atomic E-state index is 0.325. The standard InChI is InChI=1S/C17H15BrOS/c1-19-13-6-4-5-12(9-13)10-16(18)15-11-20-17-8-3-2-7-14(15)17/h2-9,11,16H,10H2,1H3. The maximum atomic E-state index is 5.28. The summed E-state index contributed by atoms with van der Waals surface area (Å²) in [5, 5.41) is 3.60. The molecule has 1 aromatic heterocycles. The van der Waals surface area contributed by atoms with Crippen LogP contribution in [0.15, 0.2) is 53.9 Å². The first-order chi connectivity index (χ1) is 9.78. The SMILES string of the molecule is COc1cccc(CC(Br)c2csc3ccccc23)c1. The van der Waals surface area contributed by atoms with E-state index in [0.717, 1.165) is 12.2 Å². The fraction of sp³-hybridized carbons (Fsp3) is 0.176. The van der Waals surface area contributed by atoms with Crippen molar-refractivity contribution in [3.63, 3.8) is 0 Å². The van der Waals surface area contributed by atoms with Crippen molar-refractivity contribution in [2.75, 3.05) is 7.11 Å². The molecule has 0 spiro atoms. The molecular formula is C17H15BrOS. The molecule has 0 saturated carbocycles. The number of alkyl halides is 1. The van der Waals surface area contributed by atoms with Crippen LogP contribution in [0, 0.1) is 0 Å². The highest BCUT2D eigenvalue weighted by Crippen LogP contribution is 2.36. The Hall–Kier alpha value is -1.32. The molecule has 0 saturated heterocycles. The number of ether oxygens (including phenoxy) is 1. The van der Waals surface area contributed by atoms with Gasteiger partial charge < -0.3 is 4.74 Å². The van der Waals surface area contributed by atoms with E-state index in [2.05, 4.69) is 57.7 Å². The fourth-order valence-corrected chi connectivity index (χ4v) is 4.30. The van der Waals surface area contributed by atoms with Crippen LogP contribution < -0.4 is 4.74 Å². The highest BCUT2D eigenvalue weighted by Gasteiger charge is 2.13. The summed E-state index contributed by atoms with van der Waals surface area (Å²) in [4.78, 5) is 0.325. The number of rotatable bonds is 4. The molecule has 1 nitrogen and oxygen atoms in total. The molecule has 0 amide bonds. The molecule has 102 valence electrons. The quantitative estimate of drug-likeness (QED) is 0.559. The van der Waals surface area contributed by atoms with Crippen LogP contribution in [0.3, 0.4) is 0 Å². The van der Waals surface area contributed by atoms with E-state index in [1.807, 2.05) is 12.1 Å². The molecule has 1 atom stereocenters. The average molecular weight is 347 g/mol. The molecule has 0 radical (unpaired) electrons. The Kier molecular flexibility index (Phi) is 4.08. The van der Waals surface area contributed by atoms with Crippen LogP contribution in [0.5, 0.6) is 5.75 Å². The Labute approximate surface area is 131 Å². The minimum Gasteiger partial charge on any atom is -0.497 e. The van der Waals surface area contributed by atoms with Gasteiger partial charge in [0.05, 0.1) is 7.11 Å². The lowest BCUT2D eigenvalue weighted by atomic mass is 10.0. The summed E-state index contributed by atoms with van der Waals surface area (Å²) in [6.07, 6.45) is 0.956. The molecule has 0 aliphatic heterocycles. The third-order valence-corrected chi connectivity index (χ3v) is 5.20. The van der Waals surface area contributed by atoms with E-state index in [1.165, 1.54) is 21.2 Å². The number of methoxy groups -OCH3 is 1. The second kappa shape index (κ2) is 5.98. The van der Waals surface area contributed by atoms with Crippen molar-refractivity contribution in [1.29, 1.82) is 0 Å². The molecule has 1 heterocycles. The number of benzene rings is 2. The summed E-state index contributed by atoms with van der Waals surface area (Å²) in [6.45, 7) is 0. The van der Waals surface area contributed by atoms with Gasteiger partial charge in [-0.05, 0) is 46.5 Å². The largest absolute Gasteiger partial charge is 0.497 e. The zero-order valence-corrected chi connectivity index (χ0v) is 13.6. The Bertz CT molecular complexity index is 720. The molecule has 3 aromatic rings. The predicted octanol–water partition coefficient (Wildman–Crippen LogP) is 5.59. The second-order valence-electron chi connectivity index (χ2n) is 4.71. The van der Waals surface area contributed by atoms with E-state index in [0.29, 0.717) is 4.83 Å². The van der Waals surface area contributed by atoms with Crippen molar-refractivity contribution in [1.82, 2.24) is 0 Å². The molecule has 3 heteroatoms. The van der Waals surface area contributed by atoms with Crippen molar-refractivity contribution in [3.8, 4) is 5.75 Å². The van der Waals surface area contributed by atoms with Crippen molar-refractivity contribution < 1.29 is 4.74 Å². The lowest BCUT2D eigenvalue weighted by Gasteiger charge is -2.10. The molecule has 0 bridgehead atoms. The molecule has 0 aliphatic rings. The first-order valence-corrected chi connectivity index (χ1v) is 8.30. The van der Waals surface area contributed by atoms with Gasteiger partial charge in [-0.2, -0.15) is 0 Å². The lowest BCUT2D eigenvalue weighted by molar-refractivity contribution is 0.414. The van der Waals surface area contributed by atoms with Gasteiger partial charge >= 0.3 is 0 Å². The first kappa shape index (κ1) is 13.7. The summed E-state index contributed by atoms with van der Waals surface area (Å²) < 4.78 is 6.63. The smallest absolute Gasteiger partial charge is 0.119 e. The van der Waals surface area contributed by atoms with Crippen LogP contribution in [0.1, 0.15) is 16.0 Å². The number of fused-ring (bicyclic) bond motifs is 1.